The SMILES string of the molecule is Oc1ccc(Nc2nccc3[nH]c(-c4cccc(F)c4)cc23)cc1. The maximum absolute atomic E-state index is 13.4. The summed E-state index contributed by atoms with van der Waals surface area (Å²) in [7, 11) is 0. The van der Waals surface area contributed by atoms with Crippen LogP contribution in [0.2, 0.25) is 0 Å². The number of phenolic OH excluding ortho intramolecular Hbond substituents is 1. The number of benzene rings is 2. The van der Waals surface area contributed by atoms with Crippen LogP contribution in [0.25, 0.3) is 22.2 Å². The Kier molecular flexibility index (Phi) is 3.39. The van der Waals surface area contributed by atoms with E-state index in [1.807, 2.05) is 18.2 Å². The lowest BCUT2D eigenvalue weighted by atomic mass is 10.1. The van der Waals surface area contributed by atoms with Crippen molar-refractivity contribution in [1.82, 2.24) is 9.97 Å². The summed E-state index contributed by atoms with van der Waals surface area (Å²) >= 11 is 0. The smallest absolute Gasteiger partial charge is 0.139 e. The molecule has 2 aromatic carbocycles. The van der Waals surface area contributed by atoms with Crippen molar-refractivity contribution in [3.8, 4) is 17.0 Å². The van der Waals surface area contributed by atoms with Crippen molar-refractivity contribution < 1.29 is 9.50 Å². The van der Waals surface area contributed by atoms with Crippen LogP contribution in [0.15, 0.2) is 66.9 Å². The monoisotopic (exact) mass is 319 g/mol. The lowest BCUT2D eigenvalue weighted by Gasteiger charge is -2.06. The summed E-state index contributed by atoms with van der Waals surface area (Å²) in [5.74, 6) is 0.630. The van der Waals surface area contributed by atoms with Gasteiger partial charge >= 0.3 is 0 Å². The van der Waals surface area contributed by atoms with Crippen molar-refractivity contribution in [1.29, 1.82) is 0 Å². The Bertz CT molecular complexity index is 1010. The number of aromatic nitrogens is 2. The Morgan fingerprint density at radius 1 is 1.00 bits per heavy atom. The van der Waals surface area contributed by atoms with E-state index < -0.39 is 0 Å². The fourth-order valence-electron chi connectivity index (χ4n) is 2.65. The van der Waals surface area contributed by atoms with E-state index in [0.29, 0.717) is 5.82 Å². The molecule has 24 heavy (non-hydrogen) atoms. The van der Waals surface area contributed by atoms with Gasteiger partial charge in [0.25, 0.3) is 0 Å². The number of fused-ring (bicyclic) bond motifs is 1. The van der Waals surface area contributed by atoms with Crippen LogP contribution in [0.1, 0.15) is 0 Å². The number of nitrogens with zero attached hydrogens (tertiary/aromatic N) is 1. The van der Waals surface area contributed by atoms with E-state index in [0.717, 1.165) is 27.8 Å². The van der Waals surface area contributed by atoms with E-state index in [9.17, 15) is 9.50 Å². The van der Waals surface area contributed by atoms with E-state index in [4.69, 9.17) is 0 Å². The molecular weight excluding hydrogens is 305 g/mol. The van der Waals surface area contributed by atoms with Crippen molar-refractivity contribution in [2.24, 2.45) is 0 Å². The third-order valence-corrected chi connectivity index (χ3v) is 3.81. The molecule has 0 saturated heterocycles. The first-order valence-electron chi connectivity index (χ1n) is 7.49. The molecule has 0 saturated carbocycles. The van der Waals surface area contributed by atoms with Gasteiger partial charge in [0, 0.05) is 28.5 Å². The second-order valence-corrected chi connectivity index (χ2v) is 5.49. The van der Waals surface area contributed by atoms with Gasteiger partial charge in [0.05, 0.1) is 5.52 Å². The second-order valence-electron chi connectivity index (χ2n) is 5.49. The molecule has 0 fully saturated rings. The average Bonchev–Trinajstić information content (AvgIpc) is 3.02. The lowest BCUT2D eigenvalue weighted by Crippen LogP contribution is -1.93. The van der Waals surface area contributed by atoms with Crippen molar-refractivity contribution in [2.45, 2.75) is 0 Å². The second kappa shape index (κ2) is 5.70. The third kappa shape index (κ3) is 2.67. The van der Waals surface area contributed by atoms with Crippen molar-refractivity contribution in [2.75, 3.05) is 5.32 Å². The number of nitrogens with one attached hydrogen (secondary N) is 2. The molecular formula is C19H14FN3O. The van der Waals surface area contributed by atoms with Crippen LogP contribution in [-0.4, -0.2) is 15.1 Å². The fourth-order valence-corrected chi connectivity index (χ4v) is 2.65. The first kappa shape index (κ1) is 14.3. The van der Waals surface area contributed by atoms with Gasteiger partial charge in [0.2, 0.25) is 0 Å². The number of rotatable bonds is 3. The molecule has 4 rings (SSSR count). The molecule has 3 N–H and O–H groups in total. The number of anilines is 2. The predicted molar refractivity (Wildman–Crippen MR) is 92.9 cm³/mol. The van der Waals surface area contributed by atoms with E-state index in [1.54, 1.807) is 36.5 Å². The number of phenols is 1. The first-order chi connectivity index (χ1) is 11.7. The van der Waals surface area contributed by atoms with Gasteiger partial charge in [-0.05, 0) is 48.5 Å². The summed E-state index contributed by atoms with van der Waals surface area (Å²) < 4.78 is 13.4. The van der Waals surface area contributed by atoms with Crippen molar-refractivity contribution >= 4 is 22.4 Å². The number of halogens is 1. The van der Waals surface area contributed by atoms with Crippen LogP contribution in [0.3, 0.4) is 0 Å². The number of aromatic amines is 1. The molecule has 4 aromatic rings. The molecule has 0 aliphatic heterocycles. The Labute approximate surface area is 137 Å². The van der Waals surface area contributed by atoms with Crippen LogP contribution in [0.5, 0.6) is 5.75 Å². The predicted octanol–water partition coefficient (Wildman–Crippen LogP) is 4.82. The third-order valence-electron chi connectivity index (χ3n) is 3.81. The Hall–Kier alpha value is -3.34. The standard InChI is InChI=1S/C19H14FN3O/c20-13-3-1-2-12(10-13)18-11-16-17(23-18)8-9-21-19(16)22-14-4-6-15(24)7-5-14/h1-11,23-24H,(H,21,22). The van der Waals surface area contributed by atoms with E-state index in [1.165, 1.54) is 12.1 Å². The summed E-state index contributed by atoms with van der Waals surface area (Å²) in [4.78, 5) is 7.67. The summed E-state index contributed by atoms with van der Waals surface area (Å²) in [6.45, 7) is 0. The molecule has 0 unspecified atom stereocenters. The molecule has 2 aromatic heterocycles. The summed E-state index contributed by atoms with van der Waals surface area (Å²) in [5.41, 5.74) is 3.33. The molecule has 0 aliphatic rings. The number of hydrogen-bond donors (Lipinski definition) is 3. The summed E-state index contributed by atoms with van der Waals surface area (Å²) in [6, 6.07) is 17.0. The normalized spacial score (nSPS) is 10.9. The Morgan fingerprint density at radius 3 is 2.62 bits per heavy atom. The van der Waals surface area contributed by atoms with E-state index in [2.05, 4.69) is 15.3 Å². The largest absolute Gasteiger partial charge is 0.508 e. The molecule has 0 spiro atoms. The number of aromatic hydroxyl groups is 1. The van der Waals surface area contributed by atoms with Gasteiger partial charge in [-0.25, -0.2) is 9.37 Å². The van der Waals surface area contributed by atoms with Crippen LogP contribution < -0.4 is 5.32 Å². The average molecular weight is 319 g/mol. The summed E-state index contributed by atoms with van der Waals surface area (Å²) in [5, 5.41) is 13.5. The van der Waals surface area contributed by atoms with Crippen LogP contribution in [-0.2, 0) is 0 Å². The fraction of sp³-hybridized carbons (Fsp3) is 0. The number of H-pyrrole nitrogens is 1. The molecule has 0 aliphatic carbocycles. The molecule has 0 bridgehead atoms. The highest BCUT2D eigenvalue weighted by atomic mass is 19.1. The zero-order valence-corrected chi connectivity index (χ0v) is 12.6. The maximum atomic E-state index is 13.4. The van der Waals surface area contributed by atoms with Gasteiger partial charge < -0.3 is 15.4 Å². The minimum atomic E-state index is -0.272. The molecule has 0 amide bonds. The van der Waals surface area contributed by atoms with Gasteiger partial charge in [-0.3, -0.25) is 0 Å². The zero-order chi connectivity index (χ0) is 16.5. The summed E-state index contributed by atoms with van der Waals surface area (Å²) in [6.07, 6.45) is 1.71. The van der Waals surface area contributed by atoms with E-state index in [-0.39, 0.29) is 11.6 Å². The Morgan fingerprint density at radius 2 is 1.83 bits per heavy atom. The van der Waals surface area contributed by atoms with Gasteiger partial charge in [-0.2, -0.15) is 0 Å². The highest BCUT2D eigenvalue weighted by Crippen LogP contribution is 2.30. The van der Waals surface area contributed by atoms with Crippen molar-refractivity contribution in [3.05, 3.63) is 72.7 Å². The minimum Gasteiger partial charge on any atom is -0.508 e. The minimum absolute atomic E-state index is 0.210. The van der Waals surface area contributed by atoms with Crippen LogP contribution in [0.4, 0.5) is 15.9 Å². The number of pyridine rings is 1. The number of hydrogen-bond acceptors (Lipinski definition) is 3. The molecule has 4 nitrogen and oxygen atoms in total. The Balaban J connectivity index is 1.76. The molecule has 2 heterocycles. The molecule has 0 atom stereocenters. The van der Waals surface area contributed by atoms with Crippen LogP contribution >= 0.6 is 0 Å². The molecule has 0 radical (unpaired) electrons. The van der Waals surface area contributed by atoms with Crippen molar-refractivity contribution in [3.63, 3.8) is 0 Å². The molecule has 118 valence electrons. The maximum Gasteiger partial charge on any atom is 0.139 e. The lowest BCUT2D eigenvalue weighted by molar-refractivity contribution is 0.475. The van der Waals surface area contributed by atoms with Crippen LogP contribution in [0, 0.1) is 5.82 Å². The van der Waals surface area contributed by atoms with Gasteiger partial charge in [-0.1, -0.05) is 12.1 Å². The van der Waals surface area contributed by atoms with E-state index >= 15 is 0 Å². The molecule has 5 heteroatoms. The van der Waals surface area contributed by atoms with Gasteiger partial charge in [-0.15, -0.1) is 0 Å². The highest BCUT2D eigenvalue weighted by Gasteiger charge is 2.09. The van der Waals surface area contributed by atoms with Gasteiger partial charge in [0.15, 0.2) is 0 Å². The quantitative estimate of drug-likeness (QED) is 0.475. The topological polar surface area (TPSA) is 60.9 Å². The zero-order valence-electron chi connectivity index (χ0n) is 12.6. The first-order valence-corrected chi connectivity index (χ1v) is 7.49. The highest BCUT2D eigenvalue weighted by molar-refractivity contribution is 5.95. The van der Waals surface area contributed by atoms with Gasteiger partial charge in [0.1, 0.15) is 17.4 Å².